The molecular formula is C21H25ClN2O5S. The fourth-order valence-corrected chi connectivity index (χ4v) is 3.87. The smallest absolute Gasteiger partial charge is 0.280 e. The van der Waals surface area contributed by atoms with E-state index in [1.54, 1.807) is 24.3 Å². The molecule has 0 spiro atoms. The maximum Gasteiger partial charge on any atom is 0.280 e. The van der Waals surface area contributed by atoms with Crippen molar-refractivity contribution in [3.63, 3.8) is 0 Å². The van der Waals surface area contributed by atoms with Crippen LogP contribution in [0.4, 0.5) is 0 Å². The standard InChI is InChI=1S/C21H25ClN2O5S/c1-3-4-5-8-13-29-19-10-7-6-9-17(19)18(25)15-23-24-30(26,27)21-14-16(22)11-12-20(21)28-2/h6-7,9-12,14-15,24H,3-5,8,13H2,1-2H3/b23-15+. The molecule has 2 aromatic rings. The molecule has 2 aromatic carbocycles. The molecule has 30 heavy (non-hydrogen) atoms. The van der Waals surface area contributed by atoms with Crippen molar-refractivity contribution >= 4 is 33.6 Å². The zero-order valence-electron chi connectivity index (χ0n) is 16.9. The van der Waals surface area contributed by atoms with Gasteiger partial charge in [0.2, 0.25) is 5.78 Å². The molecule has 1 N–H and O–H groups in total. The quantitative estimate of drug-likeness (QED) is 0.222. The van der Waals surface area contributed by atoms with Crippen LogP contribution in [0.5, 0.6) is 11.5 Å². The Bertz CT molecular complexity index is 993. The monoisotopic (exact) mass is 452 g/mol. The maximum atomic E-state index is 12.5. The molecule has 0 radical (unpaired) electrons. The number of halogens is 1. The van der Waals surface area contributed by atoms with E-state index in [2.05, 4.69) is 12.0 Å². The van der Waals surface area contributed by atoms with Crippen molar-refractivity contribution in [1.29, 1.82) is 0 Å². The molecule has 0 aromatic heterocycles. The van der Waals surface area contributed by atoms with Gasteiger partial charge in [0.25, 0.3) is 10.0 Å². The zero-order valence-corrected chi connectivity index (χ0v) is 18.5. The Labute approximate surface area is 182 Å². The van der Waals surface area contributed by atoms with Crippen molar-refractivity contribution in [3.05, 3.63) is 53.1 Å². The van der Waals surface area contributed by atoms with E-state index in [4.69, 9.17) is 21.1 Å². The van der Waals surface area contributed by atoms with Crippen molar-refractivity contribution in [2.75, 3.05) is 13.7 Å². The molecule has 0 bridgehead atoms. The Morgan fingerprint density at radius 1 is 1.13 bits per heavy atom. The zero-order chi connectivity index (χ0) is 22.0. The van der Waals surface area contributed by atoms with Crippen LogP contribution in [-0.2, 0) is 10.0 Å². The number of benzene rings is 2. The lowest BCUT2D eigenvalue weighted by Gasteiger charge is -2.10. The molecule has 0 aliphatic rings. The van der Waals surface area contributed by atoms with Crippen molar-refractivity contribution in [1.82, 2.24) is 4.83 Å². The number of hydrazone groups is 1. The molecule has 2 rings (SSSR count). The van der Waals surface area contributed by atoms with Crippen LogP contribution in [0.25, 0.3) is 0 Å². The number of Topliss-reactive ketones (excluding diaryl/α,β-unsaturated/α-hetero) is 1. The minimum atomic E-state index is -4.08. The normalized spacial score (nSPS) is 11.4. The number of methoxy groups -OCH3 is 1. The van der Waals surface area contributed by atoms with Gasteiger partial charge in [-0.15, -0.1) is 0 Å². The number of unbranched alkanes of at least 4 members (excludes halogenated alkanes) is 3. The van der Waals surface area contributed by atoms with Crippen LogP contribution in [0.15, 0.2) is 52.5 Å². The van der Waals surface area contributed by atoms with E-state index in [-0.39, 0.29) is 15.7 Å². The summed E-state index contributed by atoms with van der Waals surface area (Å²) in [6.45, 7) is 2.63. The second-order valence-electron chi connectivity index (χ2n) is 6.42. The molecule has 0 unspecified atom stereocenters. The molecular weight excluding hydrogens is 428 g/mol. The molecule has 0 amide bonds. The van der Waals surface area contributed by atoms with E-state index in [0.29, 0.717) is 17.9 Å². The van der Waals surface area contributed by atoms with Crippen molar-refractivity contribution in [2.45, 2.75) is 37.5 Å². The minimum absolute atomic E-state index is 0.107. The highest BCUT2D eigenvalue weighted by Gasteiger charge is 2.19. The molecule has 0 saturated heterocycles. The van der Waals surface area contributed by atoms with Gasteiger partial charge in [0, 0.05) is 5.02 Å². The van der Waals surface area contributed by atoms with Crippen LogP contribution < -0.4 is 14.3 Å². The second kappa shape index (κ2) is 11.6. The van der Waals surface area contributed by atoms with Crippen molar-refractivity contribution in [3.8, 4) is 11.5 Å². The van der Waals surface area contributed by atoms with Gasteiger partial charge in [0.15, 0.2) is 0 Å². The third-order valence-corrected chi connectivity index (χ3v) is 5.66. The summed E-state index contributed by atoms with van der Waals surface area (Å²) in [5.74, 6) is 0.0555. The predicted molar refractivity (Wildman–Crippen MR) is 117 cm³/mol. The molecule has 0 aliphatic heterocycles. The predicted octanol–water partition coefficient (Wildman–Crippen LogP) is 4.45. The van der Waals surface area contributed by atoms with Crippen LogP contribution in [-0.4, -0.2) is 34.1 Å². The number of sulfonamides is 1. The van der Waals surface area contributed by atoms with E-state index in [1.807, 2.05) is 4.83 Å². The number of rotatable bonds is 12. The van der Waals surface area contributed by atoms with Crippen molar-refractivity contribution in [2.24, 2.45) is 5.10 Å². The van der Waals surface area contributed by atoms with Crippen LogP contribution in [0.2, 0.25) is 5.02 Å². The van der Waals surface area contributed by atoms with Gasteiger partial charge < -0.3 is 9.47 Å². The molecule has 0 heterocycles. The van der Waals surface area contributed by atoms with E-state index in [1.165, 1.54) is 25.3 Å². The van der Waals surface area contributed by atoms with E-state index < -0.39 is 15.8 Å². The highest BCUT2D eigenvalue weighted by molar-refractivity contribution is 7.89. The Morgan fingerprint density at radius 2 is 1.90 bits per heavy atom. The maximum absolute atomic E-state index is 12.5. The first kappa shape index (κ1) is 23.7. The summed E-state index contributed by atoms with van der Waals surface area (Å²) in [6, 6.07) is 10.9. The Morgan fingerprint density at radius 3 is 2.63 bits per heavy atom. The molecule has 7 nitrogen and oxygen atoms in total. The first-order valence-electron chi connectivity index (χ1n) is 9.53. The Hall–Kier alpha value is -2.58. The number of nitrogens with one attached hydrogen (secondary N) is 1. The third-order valence-electron chi connectivity index (χ3n) is 4.18. The van der Waals surface area contributed by atoms with Crippen molar-refractivity contribution < 1.29 is 22.7 Å². The van der Waals surface area contributed by atoms with Crippen LogP contribution in [0.1, 0.15) is 43.0 Å². The SMILES string of the molecule is CCCCCCOc1ccccc1C(=O)/C=N/NS(=O)(=O)c1cc(Cl)ccc1OC. The molecule has 0 saturated carbocycles. The summed E-state index contributed by atoms with van der Waals surface area (Å²) in [5, 5.41) is 3.82. The summed E-state index contributed by atoms with van der Waals surface area (Å²) < 4.78 is 35.7. The van der Waals surface area contributed by atoms with E-state index in [0.717, 1.165) is 31.9 Å². The molecule has 0 atom stereocenters. The average Bonchev–Trinajstić information content (AvgIpc) is 2.73. The van der Waals surface area contributed by atoms with Crippen LogP contribution in [0, 0.1) is 0 Å². The van der Waals surface area contributed by atoms with Gasteiger partial charge in [-0.1, -0.05) is 49.9 Å². The van der Waals surface area contributed by atoms with Gasteiger partial charge >= 0.3 is 0 Å². The number of carbonyl (C=O) groups is 1. The largest absolute Gasteiger partial charge is 0.495 e. The fourth-order valence-electron chi connectivity index (χ4n) is 2.64. The highest BCUT2D eigenvalue weighted by Crippen LogP contribution is 2.26. The average molecular weight is 453 g/mol. The lowest BCUT2D eigenvalue weighted by Crippen LogP contribution is -2.20. The fraction of sp³-hybridized carbons (Fsp3) is 0.333. The second-order valence-corrected chi connectivity index (χ2v) is 8.48. The number of nitrogens with zero attached hydrogens (tertiary/aromatic N) is 1. The number of hydrogen-bond donors (Lipinski definition) is 1. The first-order chi connectivity index (χ1) is 14.4. The number of para-hydroxylation sites is 1. The Kier molecular flexibility index (Phi) is 9.14. The molecule has 162 valence electrons. The minimum Gasteiger partial charge on any atom is -0.495 e. The number of hydrogen-bond acceptors (Lipinski definition) is 6. The van der Waals surface area contributed by atoms with Crippen LogP contribution in [0.3, 0.4) is 0 Å². The lowest BCUT2D eigenvalue weighted by molar-refractivity contribution is 0.106. The summed E-state index contributed by atoms with van der Waals surface area (Å²) in [7, 11) is -2.74. The van der Waals surface area contributed by atoms with Gasteiger partial charge in [0.1, 0.15) is 16.4 Å². The third kappa shape index (κ3) is 6.74. The van der Waals surface area contributed by atoms with Gasteiger partial charge in [-0.2, -0.15) is 18.4 Å². The summed E-state index contributed by atoms with van der Waals surface area (Å²) in [6.07, 6.45) is 5.11. The Balaban J connectivity index is 2.07. The summed E-state index contributed by atoms with van der Waals surface area (Å²) in [4.78, 5) is 14.3. The highest BCUT2D eigenvalue weighted by atomic mass is 35.5. The summed E-state index contributed by atoms with van der Waals surface area (Å²) in [5.41, 5.74) is 0.302. The number of ketones is 1. The van der Waals surface area contributed by atoms with Gasteiger partial charge in [-0.25, -0.2) is 0 Å². The lowest BCUT2D eigenvalue weighted by atomic mass is 10.1. The topological polar surface area (TPSA) is 94.1 Å². The first-order valence-corrected chi connectivity index (χ1v) is 11.4. The number of carbonyl (C=O) groups excluding carboxylic acids is 1. The van der Waals surface area contributed by atoms with Gasteiger partial charge in [-0.3, -0.25) is 4.79 Å². The van der Waals surface area contributed by atoms with Crippen LogP contribution >= 0.6 is 11.6 Å². The summed E-state index contributed by atoms with van der Waals surface area (Å²) >= 11 is 5.88. The van der Waals surface area contributed by atoms with Gasteiger partial charge in [-0.05, 0) is 36.8 Å². The molecule has 9 heteroatoms. The van der Waals surface area contributed by atoms with Gasteiger partial charge in [0.05, 0.1) is 25.5 Å². The molecule has 0 fully saturated rings. The van der Waals surface area contributed by atoms with E-state index >= 15 is 0 Å². The van der Waals surface area contributed by atoms with E-state index in [9.17, 15) is 13.2 Å². The number of ether oxygens (including phenoxy) is 2. The molecule has 0 aliphatic carbocycles.